The van der Waals surface area contributed by atoms with Crippen LogP contribution >= 0.6 is 0 Å². The van der Waals surface area contributed by atoms with E-state index in [1.165, 1.54) is 0 Å². The van der Waals surface area contributed by atoms with Gasteiger partial charge in [-0.1, -0.05) is 6.07 Å². The van der Waals surface area contributed by atoms with E-state index >= 15 is 0 Å². The summed E-state index contributed by atoms with van der Waals surface area (Å²) in [6.07, 6.45) is 1.96. The number of nitrogens with one attached hydrogen (secondary N) is 1. The molecule has 2 aromatic carbocycles. The van der Waals surface area contributed by atoms with Crippen molar-refractivity contribution in [3.8, 4) is 11.5 Å². The number of primary amides is 1. The van der Waals surface area contributed by atoms with Gasteiger partial charge in [-0.3, -0.25) is 14.5 Å². The Kier molecular flexibility index (Phi) is 6.39. The maximum absolute atomic E-state index is 12.9. The molecule has 1 aliphatic rings. The molecule has 3 N–H and O–H groups in total. The number of rotatable bonds is 7. The molecular formula is C22H27N3O4. The van der Waals surface area contributed by atoms with Crippen LogP contribution in [-0.2, 0) is 4.79 Å². The minimum absolute atomic E-state index is 0.0915. The molecule has 1 aliphatic heterocycles. The van der Waals surface area contributed by atoms with E-state index in [4.69, 9.17) is 15.2 Å². The number of nitrogens with zero attached hydrogens (tertiary/aromatic N) is 1. The SMILES string of the molecule is COc1ccc([C@H]2CCCN2[C@@H](C)C(=O)Nc2ccc(C(N)=O)cc2)c(OC)c1. The molecule has 154 valence electrons. The zero-order chi connectivity index (χ0) is 21.0. The van der Waals surface area contributed by atoms with Gasteiger partial charge in [-0.05, 0) is 56.6 Å². The standard InChI is InChI=1S/C22H27N3O4/c1-14(22(27)24-16-8-6-15(7-9-16)21(23)26)25-12-4-5-19(25)18-11-10-17(28-2)13-20(18)29-3/h6-11,13-14,19H,4-5,12H2,1-3H3,(H2,23,26)(H,24,27)/t14-,19+/m0/s1. The third-order valence-electron chi connectivity index (χ3n) is 5.41. The highest BCUT2D eigenvalue weighted by Crippen LogP contribution is 2.39. The quantitative estimate of drug-likeness (QED) is 0.749. The Bertz CT molecular complexity index is 882. The molecule has 7 heteroatoms. The molecule has 7 nitrogen and oxygen atoms in total. The Balaban J connectivity index is 1.74. The molecule has 3 rings (SSSR count). The summed E-state index contributed by atoms with van der Waals surface area (Å²) in [5, 5.41) is 2.92. The molecule has 2 atom stereocenters. The topological polar surface area (TPSA) is 93.9 Å². The summed E-state index contributed by atoms with van der Waals surface area (Å²) in [6, 6.07) is 12.1. The lowest BCUT2D eigenvalue weighted by molar-refractivity contribution is -0.121. The normalized spacial score (nSPS) is 17.6. The number of hydrogen-bond donors (Lipinski definition) is 2. The third kappa shape index (κ3) is 4.51. The number of hydrogen-bond acceptors (Lipinski definition) is 5. The van der Waals surface area contributed by atoms with Crippen LogP contribution in [0, 0.1) is 0 Å². The average Bonchev–Trinajstić information content (AvgIpc) is 3.22. The number of likely N-dealkylation sites (tertiary alicyclic amines) is 1. The molecule has 1 fully saturated rings. The maximum atomic E-state index is 12.9. The van der Waals surface area contributed by atoms with Crippen LogP contribution in [0.5, 0.6) is 11.5 Å². The van der Waals surface area contributed by atoms with Crippen molar-refractivity contribution in [2.75, 3.05) is 26.1 Å². The van der Waals surface area contributed by atoms with Crippen LogP contribution in [0.1, 0.15) is 41.7 Å². The fourth-order valence-electron chi connectivity index (χ4n) is 3.80. The van der Waals surface area contributed by atoms with Crippen LogP contribution in [0.25, 0.3) is 0 Å². The Morgan fingerprint density at radius 1 is 1.14 bits per heavy atom. The number of amides is 2. The van der Waals surface area contributed by atoms with Gasteiger partial charge in [0.25, 0.3) is 0 Å². The van der Waals surface area contributed by atoms with E-state index in [-0.39, 0.29) is 18.0 Å². The molecule has 0 bridgehead atoms. The first kappa shape index (κ1) is 20.7. The summed E-state index contributed by atoms with van der Waals surface area (Å²) < 4.78 is 10.9. The number of methoxy groups -OCH3 is 2. The summed E-state index contributed by atoms with van der Waals surface area (Å²) in [4.78, 5) is 26.2. The van der Waals surface area contributed by atoms with Crippen molar-refractivity contribution in [1.82, 2.24) is 4.90 Å². The van der Waals surface area contributed by atoms with E-state index in [1.54, 1.807) is 38.5 Å². The van der Waals surface area contributed by atoms with Gasteiger partial charge in [0, 0.05) is 28.9 Å². The number of benzene rings is 2. The lowest BCUT2D eigenvalue weighted by Gasteiger charge is -2.31. The number of carbonyl (C=O) groups excluding carboxylic acids is 2. The zero-order valence-electron chi connectivity index (χ0n) is 17.0. The van der Waals surface area contributed by atoms with E-state index in [0.717, 1.165) is 36.4 Å². The summed E-state index contributed by atoms with van der Waals surface area (Å²) >= 11 is 0. The molecule has 0 unspecified atom stereocenters. The summed E-state index contributed by atoms with van der Waals surface area (Å²) in [5.41, 5.74) is 7.34. The number of anilines is 1. The predicted octanol–water partition coefficient (Wildman–Crippen LogP) is 2.97. The van der Waals surface area contributed by atoms with Gasteiger partial charge in [0.1, 0.15) is 11.5 Å². The second-order valence-corrected chi connectivity index (χ2v) is 7.11. The second-order valence-electron chi connectivity index (χ2n) is 7.11. The predicted molar refractivity (Wildman–Crippen MR) is 111 cm³/mol. The van der Waals surface area contributed by atoms with Crippen molar-refractivity contribution in [1.29, 1.82) is 0 Å². The van der Waals surface area contributed by atoms with Gasteiger partial charge in [-0.2, -0.15) is 0 Å². The fraction of sp³-hybridized carbons (Fsp3) is 0.364. The molecule has 0 spiro atoms. The highest BCUT2D eigenvalue weighted by Gasteiger charge is 2.34. The molecule has 0 aliphatic carbocycles. The van der Waals surface area contributed by atoms with E-state index in [0.29, 0.717) is 11.3 Å². The first-order valence-electron chi connectivity index (χ1n) is 9.63. The molecule has 2 aromatic rings. The Morgan fingerprint density at radius 2 is 1.86 bits per heavy atom. The van der Waals surface area contributed by atoms with E-state index in [1.807, 2.05) is 25.1 Å². The van der Waals surface area contributed by atoms with Gasteiger partial charge >= 0.3 is 0 Å². The van der Waals surface area contributed by atoms with Gasteiger partial charge in [0.15, 0.2) is 0 Å². The number of nitrogens with two attached hydrogens (primary N) is 1. The highest BCUT2D eigenvalue weighted by atomic mass is 16.5. The Morgan fingerprint density at radius 3 is 2.48 bits per heavy atom. The van der Waals surface area contributed by atoms with Gasteiger partial charge < -0.3 is 20.5 Å². The van der Waals surface area contributed by atoms with E-state index in [9.17, 15) is 9.59 Å². The minimum atomic E-state index is -0.496. The summed E-state index contributed by atoms with van der Waals surface area (Å²) in [7, 11) is 3.27. The molecule has 1 saturated heterocycles. The minimum Gasteiger partial charge on any atom is -0.497 e. The van der Waals surface area contributed by atoms with Crippen molar-refractivity contribution in [3.63, 3.8) is 0 Å². The van der Waals surface area contributed by atoms with Gasteiger partial charge in [-0.25, -0.2) is 0 Å². The van der Waals surface area contributed by atoms with Crippen LogP contribution in [0.3, 0.4) is 0 Å². The van der Waals surface area contributed by atoms with Crippen molar-refractivity contribution in [2.45, 2.75) is 31.8 Å². The lowest BCUT2D eigenvalue weighted by Crippen LogP contribution is -2.41. The number of ether oxygens (including phenoxy) is 2. The summed E-state index contributed by atoms with van der Waals surface area (Å²) in [5.74, 6) is 0.900. The van der Waals surface area contributed by atoms with Crippen molar-refractivity contribution in [3.05, 3.63) is 53.6 Å². The van der Waals surface area contributed by atoms with Gasteiger partial charge in [0.05, 0.1) is 20.3 Å². The van der Waals surface area contributed by atoms with Crippen LogP contribution in [0.2, 0.25) is 0 Å². The molecule has 1 heterocycles. The smallest absolute Gasteiger partial charge is 0.248 e. The lowest BCUT2D eigenvalue weighted by atomic mass is 10.0. The van der Waals surface area contributed by atoms with Crippen LogP contribution in [0.15, 0.2) is 42.5 Å². The Labute approximate surface area is 170 Å². The average molecular weight is 397 g/mol. The Hall–Kier alpha value is -3.06. The zero-order valence-corrected chi connectivity index (χ0v) is 17.0. The van der Waals surface area contributed by atoms with Crippen molar-refractivity contribution in [2.24, 2.45) is 5.73 Å². The molecule has 0 radical (unpaired) electrons. The summed E-state index contributed by atoms with van der Waals surface area (Å²) in [6.45, 7) is 2.73. The monoisotopic (exact) mass is 397 g/mol. The van der Waals surface area contributed by atoms with E-state index in [2.05, 4.69) is 10.2 Å². The second kappa shape index (κ2) is 8.96. The van der Waals surface area contributed by atoms with Crippen LogP contribution in [0.4, 0.5) is 5.69 Å². The molecule has 29 heavy (non-hydrogen) atoms. The highest BCUT2D eigenvalue weighted by molar-refractivity contribution is 5.96. The van der Waals surface area contributed by atoms with Gasteiger partial charge in [-0.15, -0.1) is 0 Å². The van der Waals surface area contributed by atoms with Crippen molar-refractivity contribution < 1.29 is 19.1 Å². The molecule has 0 saturated carbocycles. The number of carbonyl (C=O) groups is 2. The third-order valence-corrected chi connectivity index (χ3v) is 5.41. The van der Waals surface area contributed by atoms with Crippen molar-refractivity contribution >= 4 is 17.5 Å². The van der Waals surface area contributed by atoms with Crippen LogP contribution < -0.4 is 20.5 Å². The largest absolute Gasteiger partial charge is 0.497 e. The van der Waals surface area contributed by atoms with Crippen LogP contribution in [-0.4, -0.2) is 43.5 Å². The molecular weight excluding hydrogens is 370 g/mol. The molecule has 0 aromatic heterocycles. The van der Waals surface area contributed by atoms with Gasteiger partial charge in [0.2, 0.25) is 11.8 Å². The maximum Gasteiger partial charge on any atom is 0.248 e. The van der Waals surface area contributed by atoms with E-state index < -0.39 is 5.91 Å². The molecule has 2 amide bonds. The first-order valence-corrected chi connectivity index (χ1v) is 9.63. The first-order chi connectivity index (χ1) is 13.9. The fourth-order valence-corrected chi connectivity index (χ4v) is 3.80.